The van der Waals surface area contributed by atoms with E-state index in [1.165, 1.54) is 5.56 Å². The fraction of sp³-hybridized carbons (Fsp3) is 0.286. The number of aromatic nitrogens is 2. The number of nitrogens with zero attached hydrogens (tertiary/aromatic N) is 3. The van der Waals surface area contributed by atoms with Gasteiger partial charge in [-0.05, 0) is 13.0 Å². The first-order valence-electron chi connectivity index (χ1n) is 6.07. The maximum Gasteiger partial charge on any atom is 0.163 e. The van der Waals surface area contributed by atoms with E-state index in [2.05, 4.69) is 40.0 Å². The second-order valence-electron chi connectivity index (χ2n) is 4.54. The van der Waals surface area contributed by atoms with Crippen LogP contribution in [0.15, 0.2) is 24.3 Å². The van der Waals surface area contributed by atoms with Crippen LogP contribution in [-0.4, -0.2) is 16.1 Å². The van der Waals surface area contributed by atoms with Gasteiger partial charge in [-0.15, -0.1) is 0 Å². The number of hydrogen-bond acceptors (Lipinski definition) is 3. The minimum Gasteiger partial charge on any atom is -0.324 e. The van der Waals surface area contributed by atoms with E-state index in [4.69, 9.17) is 5.26 Å². The summed E-state index contributed by atoms with van der Waals surface area (Å²) in [6.07, 6.45) is 0. The van der Waals surface area contributed by atoms with Crippen LogP contribution in [-0.2, 0) is 13.1 Å². The minimum atomic E-state index is 0.540. The van der Waals surface area contributed by atoms with Gasteiger partial charge in [0.2, 0.25) is 0 Å². The molecule has 2 aromatic rings. The molecule has 0 bridgehead atoms. The van der Waals surface area contributed by atoms with E-state index >= 15 is 0 Å². The van der Waals surface area contributed by atoms with Gasteiger partial charge < -0.3 is 9.88 Å². The predicted molar refractivity (Wildman–Crippen MR) is 68.8 cm³/mol. The average molecular weight is 238 g/mol. The lowest BCUT2D eigenvalue weighted by Gasteiger charge is -2.18. The zero-order valence-corrected chi connectivity index (χ0v) is 10.3. The van der Waals surface area contributed by atoms with Crippen molar-refractivity contribution in [3.63, 3.8) is 0 Å². The highest BCUT2D eigenvalue weighted by Crippen LogP contribution is 2.24. The van der Waals surface area contributed by atoms with Crippen molar-refractivity contribution in [2.24, 2.45) is 0 Å². The summed E-state index contributed by atoms with van der Waals surface area (Å²) in [4.78, 5) is 4.48. The molecule has 0 aliphatic carbocycles. The molecule has 2 heterocycles. The number of nitriles is 1. The molecule has 1 N–H and O–H groups in total. The van der Waals surface area contributed by atoms with Gasteiger partial charge in [0.1, 0.15) is 11.9 Å². The fourth-order valence-electron chi connectivity index (χ4n) is 2.40. The smallest absolute Gasteiger partial charge is 0.163 e. The molecule has 0 fully saturated rings. The lowest BCUT2D eigenvalue weighted by atomic mass is 10.1. The minimum absolute atomic E-state index is 0.540. The molecule has 4 heteroatoms. The highest BCUT2D eigenvalue weighted by atomic mass is 15.2. The Balaban J connectivity index is 2.18. The molecule has 1 aliphatic rings. The van der Waals surface area contributed by atoms with E-state index in [1.807, 2.05) is 12.1 Å². The third kappa shape index (κ3) is 1.69. The standard InChI is InChI=1S/C14H14N4/c1-10-3-2-4-11(7-10)14-17-12(8-15)13-9-16-5-6-18(13)14/h2-4,7,16H,5-6,9H2,1H3. The number of hydrogen-bond donors (Lipinski definition) is 1. The molecule has 1 aliphatic heterocycles. The van der Waals surface area contributed by atoms with E-state index in [9.17, 15) is 0 Å². The summed E-state index contributed by atoms with van der Waals surface area (Å²) in [5, 5.41) is 12.4. The molecule has 0 unspecified atom stereocenters. The third-order valence-electron chi connectivity index (χ3n) is 3.26. The van der Waals surface area contributed by atoms with Crippen molar-refractivity contribution in [1.82, 2.24) is 14.9 Å². The highest BCUT2D eigenvalue weighted by Gasteiger charge is 2.20. The lowest BCUT2D eigenvalue weighted by molar-refractivity contribution is 0.519. The van der Waals surface area contributed by atoms with Crippen molar-refractivity contribution in [3.05, 3.63) is 41.2 Å². The Bertz CT molecular complexity index is 634. The summed E-state index contributed by atoms with van der Waals surface area (Å²) in [7, 11) is 0. The number of rotatable bonds is 1. The summed E-state index contributed by atoms with van der Waals surface area (Å²) in [6.45, 7) is 4.58. The van der Waals surface area contributed by atoms with Crippen LogP contribution >= 0.6 is 0 Å². The molecule has 0 spiro atoms. The highest BCUT2D eigenvalue weighted by molar-refractivity contribution is 5.59. The van der Waals surface area contributed by atoms with Crippen molar-refractivity contribution < 1.29 is 0 Å². The van der Waals surface area contributed by atoms with Crippen molar-refractivity contribution in [2.75, 3.05) is 6.54 Å². The summed E-state index contributed by atoms with van der Waals surface area (Å²) in [5.41, 5.74) is 3.83. The second kappa shape index (κ2) is 4.28. The molecule has 0 saturated heterocycles. The summed E-state index contributed by atoms with van der Waals surface area (Å²) >= 11 is 0. The van der Waals surface area contributed by atoms with Gasteiger partial charge in [-0.25, -0.2) is 4.98 Å². The number of imidazole rings is 1. The zero-order chi connectivity index (χ0) is 12.5. The molecule has 90 valence electrons. The zero-order valence-electron chi connectivity index (χ0n) is 10.3. The van der Waals surface area contributed by atoms with Gasteiger partial charge in [-0.3, -0.25) is 0 Å². The van der Waals surface area contributed by atoms with Gasteiger partial charge in [-0.1, -0.05) is 23.8 Å². The Morgan fingerprint density at radius 1 is 1.44 bits per heavy atom. The van der Waals surface area contributed by atoms with E-state index < -0.39 is 0 Å². The Morgan fingerprint density at radius 3 is 3.11 bits per heavy atom. The molecular formula is C14H14N4. The largest absolute Gasteiger partial charge is 0.324 e. The van der Waals surface area contributed by atoms with E-state index in [1.54, 1.807) is 0 Å². The number of nitrogens with one attached hydrogen (secondary N) is 1. The van der Waals surface area contributed by atoms with Crippen LogP contribution in [0.5, 0.6) is 0 Å². The maximum absolute atomic E-state index is 9.15. The van der Waals surface area contributed by atoms with Crippen LogP contribution < -0.4 is 5.32 Å². The first kappa shape index (κ1) is 11.0. The van der Waals surface area contributed by atoms with Crippen LogP contribution in [0.3, 0.4) is 0 Å². The van der Waals surface area contributed by atoms with E-state index in [0.717, 1.165) is 36.7 Å². The van der Waals surface area contributed by atoms with Crippen LogP contribution in [0.4, 0.5) is 0 Å². The first-order chi connectivity index (χ1) is 8.79. The van der Waals surface area contributed by atoms with Crippen molar-refractivity contribution >= 4 is 0 Å². The van der Waals surface area contributed by atoms with E-state index in [0.29, 0.717) is 5.69 Å². The molecule has 4 nitrogen and oxygen atoms in total. The first-order valence-corrected chi connectivity index (χ1v) is 6.07. The Morgan fingerprint density at radius 2 is 2.33 bits per heavy atom. The monoisotopic (exact) mass is 238 g/mol. The molecule has 1 aromatic heterocycles. The maximum atomic E-state index is 9.15. The summed E-state index contributed by atoms with van der Waals surface area (Å²) in [6, 6.07) is 10.4. The predicted octanol–water partition coefficient (Wildman–Crippen LogP) is 1.83. The van der Waals surface area contributed by atoms with Gasteiger partial charge in [0.25, 0.3) is 0 Å². The quantitative estimate of drug-likeness (QED) is 0.824. The Kier molecular flexibility index (Phi) is 2.62. The van der Waals surface area contributed by atoms with Crippen LogP contribution in [0.2, 0.25) is 0 Å². The average Bonchev–Trinajstić information content (AvgIpc) is 2.77. The Labute approximate surface area is 106 Å². The molecule has 18 heavy (non-hydrogen) atoms. The van der Waals surface area contributed by atoms with Crippen molar-refractivity contribution in [1.29, 1.82) is 5.26 Å². The molecule has 0 saturated carbocycles. The van der Waals surface area contributed by atoms with Gasteiger partial charge in [0.05, 0.1) is 5.69 Å². The van der Waals surface area contributed by atoms with Gasteiger partial charge in [-0.2, -0.15) is 5.26 Å². The third-order valence-corrected chi connectivity index (χ3v) is 3.26. The van der Waals surface area contributed by atoms with E-state index in [-0.39, 0.29) is 0 Å². The molecule has 0 amide bonds. The molecule has 3 rings (SSSR count). The molecular weight excluding hydrogens is 224 g/mol. The molecule has 0 atom stereocenters. The van der Waals surface area contributed by atoms with Crippen LogP contribution in [0.1, 0.15) is 17.0 Å². The van der Waals surface area contributed by atoms with Gasteiger partial charge >= 0.3 is 0 Å². The number of fused-ring (bicyclic) bond motifs is 1. The van der Waals surface area contributed by atoms with Crippen LogP contribution in [0, 0.1) is 18.3 Å². The normalized spacial score (nSPS) is 14.0. The summed E-state index contributed by atoms with van der Waals surface area (Å²) in [5.74, 6) is 0.909. The summed E-state index contributed by atoms with van der Waals surface area (Å²) < 4.78 is 2.16. The SMILES string of the molecule is Cc1cccc(-c2nc(C#N)c3n2CCNC3)c1. The number of benzene rings is 1. The molecule has 0 radical (unpaired) electrons. The molecule has 1 aromatic carbocycles. The van der Waals surface area contributed by atoms with Gasteiger partial charge in [0.15, 0.2) is 5.69 Å². The van der Waals surface area contributed by atoms with Gasteiger partial charge in [0, 0.05) is 25.2 Å². The van der Waals surface area contributed by atoms with Crippen LogP contribution in [0.25, 0.3) is 11.4 Å². The second-order valence-corrected chi connectivity index (χ2v) is 4.54. The van der Waals surface area contributed by atoms with Crippen molar-refractivity contribution in [3.8, 4) is 17.5 Å². The Hall–Kier alpha value is -2.12. The fourth-order valence-corrected chi connectivity index (χ4v) is 2.40. The number of aryl methyl sites for hydroxylation is 1. The topological polar surface area (TPSA) is 53.6 Å². The van der Waals surface area contributed by atoms with Crippen molar-refractivity contribution in [2.45, 2.75) is 20.0 Å². The lowest BCUT2D eigenvalue weighted by Crippen LogP contribution is -2.28.